The van der Waals surface area contributed by atoms with Gasteiger partial charge >= 0.3 is 0 Å². The molecule has 2 aliphatic rings. The second-order valence-corrected chi connectivity index (χ2v) is 6.02. The fourth-order valence-corrected chi connectivity index (χ4v) is 3.86. The number of halogens is 1. The minimum atomic E-state index is -0.0330. The summed E-state index contributed by atoms with van der Waals surface area (Å²) in [6.07, 6.45) is 5.60. The van der Waals surface area contributed by atoms with E-state index in [0.717, 1.165) is 24.9 Å². The van der Waals surface area contributed by atoms with Crippen LogP contribution in [0.3, 0.4) is 0 Å². The Bertz CT molecular complexity index is 458. The van der Waals surface area contributed by atoms with Crippen molar-refractivity contribution in [2.75, 3.05) is 6.54 Å². The zero-order valence-corrected chi connectivity index (χ0v) is 11.6. The van der Waals surface area contributed by atoms with Crippen LogP contribution in [0.2, 0.25) is 0 Å². The molecule has 19 heavy (non-hydrogen) atoms. The lowest BCUT2D eigenvalue weighted by molar-refractivity contribution is 0.0811. The molecule has 0 saturated carbocycles. The molecule has 0 radical (unpaired) electrons. The summed E-state index contributed by atoms with van der Waals surface area (Å²) in [6, 6.07) is 6.55. The second kappa shape index (κ2) is 5.22. The summed E-state index contributed by atoms with van der Waals surface area (Å²) in [5.41, 5.74) is 8.29. The Hall–Kier alpha value is -0.930. The number of nitrogens with zero attached hydrogens (tertiary/aromatic N) is 1. The first kappa shape index (κ1) is 13.1. The molecule has 3 unspecified atom stereocenters. The van der Waals surface area contributed by atoms with Gasteiger partial charge in [-0.1, -0.05) is 18.6 Å². The van der Waals surface area contributed by atoms with Gasteiger partial charge in [0.2, 0.25) is 0 Å². The van der Waals surface area contributed by atoms with E-state index >= 15 is 0 Å². The van der Waals surface area contributed by atoms with Crippen LogP contribution in [0.4, 0.5) is 4.39 Å². The minimum Gasteiger partial charge on any atom is -0.327 e. The topological polar surface area (TPSA) is 29.3 Å². The van der Waals surface area contributed by atoms with Crippen molar-refractivity contribution in [1.29, 1.82) is 0 Å². The second-order valence-electron chi connectivity index (χ2n) is 6.02. The Morgan fingerprint density at radius 1 is 1.32 bits per heavy atom. The molecular weight excluding hydrogens is 239 g/mol. The number of piperidine rings is 1. The average Bonchev–Trinajstić information content (AvgIpc) is 2.84. The van der Waals surface area contributed by atoms with Gasteiger partial charge in [-0.05, 0) is 56.3 Å². The molecule has 3 rings (SSSR count). The van der Waals surface area contributed by atoms with Gasteiger partial charge in [-0.2, -0.15) is 0 Å². The standard InChI is InChI=1S/C16H23FN2/c1-11(18)15-7-2-3-10-19(15)16-9-8-12-13(16)5-4-6-14(12)17/h4-6,11,15-16H,2-3,7-10,18H2,1H3. The summed E-state index contributed by atoms with van der Waals surface area (Å²) in [5.74, 6) is -0.0330. The number of likely N-dealkylation sites (tertiary alicyclic amines) is 1. The molecule has 1 aromatic rings. The Kier molecular flexibility index (Phi) is 3.59. The van der Waals surface area contributed by atoms with Crippen LogP contribution in [0, 0.1) is 5.82 Å². The number of hydrogen-bond acceptors (Lipinski definition) is 2. The molecule has 3 atom stereocenters. The van der Waals surface area contributed by atoms with Gasteiger partial charge in [-0.15, -0.1) is 0 Å². The van der Waals surface area contributed by atoms with Crippen LogP contribution in [0.1, 0.15) is 49.8 Å². The maximum Gasteiger partial charge on any atom is 0.126 e. The van der Waals surface area contributed by atoms with Crippen molar-refractivity contribution in [3.05, 3.63) is 35.1 Å². The third-order valence-electron chi connectivity index (χ3n) is 4.78. The molecule has 0 spiro atoms. The van der Waals surface area contributed by atoms with Gasteiger partial charge in [0.05, 0.1) is 0 Å². The molecule has 0 aromatic heterocycles. The summed E-state index contributed by atoms with van der Waals surface area (Å²) in [6.45, 7) is 3.21. The highest BCUT2D eigenvalue weighted by molar-refractivity contribution is 5.36. The molecule has 0 amide bonds. The Labute approximate surface area is 114 Å². The van der Waals surface area contributed by atoms with Crippen LogP contribution >= 0.6 is 0 Å². The average molecular weight is 262 g/mol. The van der Waals surface area contributed by atoms with Crippen LogP contribution in [0.25, 0.3) is 0 Å². The molecule has 1 heterocycles. The summed E-state index contributed by atoms with van der Waals surface area (Å²) in [7, 11) is 0. The summed E-state index contributed by atoms with van der Waals surface area (Å²) in [4.78, 5) is 2.54. The van der Waals surface area contributed by atoms with E-state index in [1.807, 2.05) is 6.07 Å². The largest absolute Gasteiger partial charge is 0.327 e. The van der Waals surface area contributed by atoms with E-state index < -0.39 is 0 Å². The maximum absolute atomic E-state index is 13.8. The highest BCUT2D eigenvalue weighted by atomic mass is 19.1. The van der Waals surface area contributed by atoms with E-state index in [-0.39, 0.29) is 11.9 Å². The van der Waals surface area contributed by atoms with Gasteiger partial charge in [-0.25, -0.2) is 4.39 Å². The van der Waals surface area contributed by atoms with Gasteiger partial charge in [0.25, 0.3) is 0 Å². The number of fused-ring (bicyclic) bond motifs is 1. The molecule has 1 aliphatic heterocycles. The van der Waals surface area contributed by atoms with Crippen molar-refractivity contribution in [3.63, 3.8) is 0 Å². The van der Waals surface area contributed by atoms with E-state index in [4.69, 9.17) is 5.73 Å². The van der Waals surface area contributed by atoms with E-state index in [1.165, 1.54) is 24.8 Å². The zero-order chi connectivity index (χ0) is 13.4. The summed E-state index contributed by atoms with van der Waals surface area (Å²) < 4.78 is 13.8. The molecule has 1 aromatic carbocycles. The van der Waals surface area contributed by atoms with Crippen LogP contribution < -0.4 is 5.73 Å². The highest BCUT2D eigenvalue weighted by Crippen LogP contribution is 2.40. The highest BCUT2D eigenvalue weighted by Gasteiger charge is 2.35. The predicted octanol–water partition coefficient (Wildman–Crippen LogP) is 3.01. The fraction of sp³-hybridized carbons (Fsp3) is 0.625. The Morgan fingerprint density at radius 2 is 2.16 bits per heavy atom. The monoisotopic (exact) mass is 262 g/mol. The number of benzene rings is 1. The SMILES string of the molecule is CC(N)C1CCCCN1C1CCc2c(F)cccc21. The molecule has 1 fully saturated rings. The molecule has 0 bridgehead atoms. The third kappa shape index (κ3) is 2.30. The van der Waals surface area contributed by atoms with Gasteiger partial charge in [0.1, 0.15) is 5.82 Å². The molecule has 1 saturated heterocycles. The van der Waals surface area contributed by atoms with E-state index in [9.17, 15) is 4.39 Å². The third-order valence-corrected chi connectivity index (χ3v) is 4.78. The minimum absolute atomic E-state index is 0.0330. The van der Waals surface area contributed by atoms with Crippen LogP contribution in [0.5, 0.6) is 0 Å². The predicted molar refractivity (Wildman–Crippen MR) is 75.5 cm³/mol. The molecule has 2 N–H and O–H groups in total. The first-order valence-electron chi connectivity index (χ1n) is 7.47. The Balaban J connectivity index is 1.89. The fourth-order valence-electron chi connectivity index (χ4n) is 3.86. The molecular formula is C16H23FN2. The van der Waals surface area contributed by atoms with Crippen molar-refractivity contribution in [2.45, 2.75) is 57.2 Å². The van der Waals surface area contributed by atoms with Crippen molar-refractivity contribution >= 4 is 0 Å². The summed E-state index contributed by atoms with van der Waals surface area (Å²) >= 11 is 0. The van der Waals surface area contributed by atoms with E-state index in [2.05, 4.69) is 17.9 Å². The maximum atomic E-state index is 13.8. The first-order valence-corrected chi connectivity index (χ1v) is 7.47. The number of rotatable bonds is 2. The Morgan fingerprint density at radius 3 is 2.95 bits per heavy atom. The van der Waals surface area contributed by atoms with Crippen molar-refractivity contribution < 1.29 is 4.39 Å². The van der Waals surface area contributed by atoms with E-state index in [1.54, 1.807) is 6.07 Å². The van der Waals surface area contributed by atoms with Crippen molar-refractivity contribution in [2.24, 2.45) is 5.73 Å². The quantitative estimate of drug-likeness (QED) is 0.887. The molecule has 2 nitrogen and oxygen atoms in total. The van der Waals surface area contributed by atoms with Crippen molar-refractivity contribution in [1.82, 2.24) is 4.90 Å². The zero-order valence-electron chi connectivity index (χ0n) is 11.6. The molecule has 3 heteroatoms. The van der Waals surface area contributed by atoms with Crippen LogP contribution in [0.15, 0.2) is 18.2 Å². The molecule has 1 aliphatic carbocycles. The molecule has 104 valence electrons. The van der Waals surface area contributed by atoms with Gasteiger partial charge in [0.15, 0.2) is 0 Å². The first-order chi connectivity index (χ1) is 9.18. The van der Waals surface area contributed by atoms with Gasteiger partial charge in [0, 0.05) is 18.1 Å². The summed E-state index contributed by atoms with van der Waals surface area (Å²) in [5, 5.41) is 0. The van der Waals surface area contributed by atoms with Crippen LogP contribution in [-0.4, -0.2) is 23.5 Å². The van der Waals surface area contributed by atoms with E-state index in [0.29, 0.717) is 12.1 Å². The van der Waals surface area contributed by atoms with Crippen molar-refractivity contribution in [3.8, 4) is 0 Å². The lowest BCUT2D eigenvalue weighted by atomic mass is 9.93. The number of hydrogen-bond donors (Lipinski definition) is 1. The van der Waals surface area contributed by atoms with Gasteiger partial charge in [-0.3, -0.25) is 4.90 Å². The number of nitrogens with two attached hydrogens (primary N) is 1. The lowest BCUT2D eigenvalue weighted by Crippen LogP contribution is -2.50. The van der Waals surface area contributed by atoms with Crippen LogP contribution in [-0.2, 0) is 6.42 Å². The smallest absolute Gasteiger partial charge is 0.126 e. The van der Waals surface area contributed by atoms with Gasteiger partial charge < -0.3 is 5.73 Å². The normalized spacial score (nSPS) is 29.2. The lowest BCUT2D eigenvalue weighted by Gasteiger charge is -2.42.